The van der Waals surface area contributed by atoms with Gasteiger partial charge in [0.25, 0.3) is 11.5 Å². The molecule has 0 aliphatic rings. The third-order valence-electron chi connectivity index (χ3n) is 4.68. The van der Waals surface area contributed by atoms with E-state index in [0.29, 0.717) is 25.3 Å². The first-order valence-electron chi connectivity index (χ1n) is 9.47. The molecule has 5 heteroatoms. The number of hydrogen-bond acceptors (Lipinski definition) is 3. The molecule has 0 aliphatic carbocycles. The monoisotopic (exact) mass is 363 g/mol. The Morgan fingerprint density at radius 2 is 1.89 bits per heavy atom. The highest BCUT2D eigenvalue weighted by Gasteiger charge is 2.21. The summed E-state index contributed by atoms with van der Waals surface area (Å²) >= 11 is 0. The first-order valence-corrected chi connectivity index (χ1v) is 9.47. The lowest BCUT2D eigenvalue weighted by molar-refractivity contribution is 0.0738. The van der Waals surface area contributed by atoms with Crippen molar-refractivity contribution >= 4 is 16.9 Å². The molecule has 1 amide bonds. The van der Waals surface area contributed by atoms with E-state index in [4.69, 9.17) is 0 Å². The molecule has 5 nitrogen and oxygen atoms in total. The van der Waals surface area contributed by atoms with Crippen LogP contribution in [0.25, 0.3) is 11.0 Å². The molecule has 0 fully saturated rings. The van der Waals surface area contributed by atoms with Crippen LogP contribution in [-0.4, -0.2) is 26.9 Å². The molecule has 0 radical (unpaired) electrons. The highest BCUT2D eigenvalue weighted by molar-refractivity contribution is 5.96. The molecule has 2 heterocycles. The maximum absolute atomic E-state index is 13.3. The molecule has 140 valence electrons. The second kappa shape index (κ2) is 8.62. The van der Waals surface area contributed by atoms with Crippen LogP contribution in [0.2, 0.25) is 0 Å². The number of carbonyl (C=O) groups excluding carboxylic acids is 1. The molecule has 3 aromatic rings. The van der Waals surface area contributed by atoms with E-state index < -0.39 is 0 Å². The number of aromatic nitrogens is 2. The molecule has 0 spiro atoms. The van der Waals surface area contributed by atoms with Gasteiger partial charge in [0.2, 0.25) is 0 Å². The Kier molecular flexibility index (Phi) is 6.01. The van der Waals surface area contributed by atoms with E-state index in [-0.39, 0.29) is 17.0 Å². The van der Waals surface area contributed by atoms with Gasteiger partial charge in [-0.05, 0) is 37.1 Å². The Balaban J connectivity index is 2.02. The predicted molar refractivity (Wildman–Crippen MR) is 108 cm³/mol. The van der Waals surface area contributed by atoms with E-state index in [9.17, 15) is 9.59 Å². The van der Waals surface area contributed by atoms with Crippen molar-refractivity contribution in [2.24, 2.45) is 0 Å². The van der Waals surface area contributed by atoms with Gasteiger partial charge >= 0.3 is 0 Å². The van der Waals surface area contributed by atoms with Crippen LogP contribution in [0, 0.1) is 0 Å². The zero-order chi connectivity index (χ0) is 19.2. The van der Waals surface area contributed by atoms with E-state index >= 15 is 0 Å². The largest absolute Gasteiger partial charge is 0.334 e. The topological polar surface area (TPSA) is 55.2 Å². The average Bonchev–Trinajstić information content (AvgIpc) is 2.71. The molecular weight excluding hydrogens is 338 g/mol. The minimum atomic E-state index is -0.275. The lowest BCUT2D eigenvalue weighted by atomic mass is 10.1. The van der Waals surface area contributed by atoms with Crippen molar-refractivity contribution in [3.63, 3.8) is 0 Å². The van der Waals surface area contributed by atoms with E-state index in [1.165, 1.54) is 0 Å². The van der Waals surface area contributed by atoms with Crippen LogP contribution in [-0.2, 0) is 13.1 Å². The Morgan fingerprint density at radius 1 is 1.11 bits per heavy atom. The lowest BCUT2D eigenvalue weighted by Gasteiger charge is -2.23. The number of pyridine rings is 2. The van der Waals surface area contributed by atoms with Gasteiger partial charge in [0.05, 0.1) is 0 Å². The van der Waals surface area contributed by atoms with Gasteiger partial charge in [-0.3, -0.25) is 14.2 Å². The molecule has 1 aromatic carbocycles. The Hall–Kier alpha value is -2.95. The van der Waals surface area contributed by atoms with Crippen LogP contribution in [0.5, 0.6) is 0 Å². The number of nitrogens with zero attached hydrogens (tertiary/aromatic N) is 3. The zero-order valence-corrected chi connectivity index (χ0v) is 15.9. The molecule has 0 unspecified atom stereocenters. The maximum atomic E-state index is 13.3. The molecule has 0 atom stereocenters. The maximum Gasteiger partial charge on any atom is 0.265 e. The third kappa shape index (κ3) is 4.08. The number of aryl methyl sites for hydroxylation is 1. The SMILES string of the molecule is CCCCN(Cc1ccccc1)C(=O)c1cc2cccnc2n(CC)c1=O. The number of amides is 1. The normalized spacial score (nSPS) is 10.9. The fourth-order valence-corrected chi connectivity index (χ4v) is 3.23. The number of hydrogen-bond donors (Lipinski definition) is 0. The van der Waals surface area contributed by atoms with Gasteiger partial charge in [-0.1, -0.05) is 43.7 Å². The standard InChI is InChI=1S/C22H25N3O2/c1-3-5-14-24(16-17-10-7-6-8-11-17)21(26)19-15-18-12-9-13-23-20(18)25(4-2)22(19)27/h6-13,15H,3-5,14,16H2,1-2H3. The molecule has 0 aliphatic heterocycles. The van der Waals surface area contributed by atoms with Crippen molar-refractivity contribution in [3.05, 3.63) is 76.2 Å². The Bertz CT molecular complexity index is 980. The Labute approximate surface area is 159 Å². The Morgan fingerprint density at radius 3 is 2.59 bits per heavy atom. The van der Waals surface area contributed by atoms with Crippen LogP contribution in [0.4, 0.5) is 0 Å². The fraction of sp³-hybridized carbons (Fsp3) is 0.318. The summed E-state index contributed by atoms with van der Waals surface area (Å²) in [6, 6.07) is 15.3. The number of benzene rings is 1. The highest BCUT2D eigenvalue weighted by atomic mass is 16.2. The van der Waals surface area contributed by atoms with Crippen molar-refractivity contribution in [3.8, 4) is 0 Å². The molecule has 2 aromatic heterocycles. The smallest absolute Gasteiger partial charge is 0.265 e. The van der Waals surface area contributed by atoms with Gasteiger partial charge in [-0.15, -0.1) is 0 Å². The van der Waals surface area contributed by atoms with Crippen molar-refractivity contribution in [1.29, 1.82) is 0 Å². The van der Waals surface area contributed by atoms with E-state index in [2.05, 4.69) is 11.9 Å². The average molecular weight is 363 g/mol. The third-order valence-corrected chi connectivity index (χ3v) is 4.68. The quantitative estimate of drug-likeness (QED) is 0.640. The summed E-state index contributed by atoms with van der Waals surface area (Å²) in [6.07, 6.45) is 3.55. The van der Waals surface area contributed by atoms with Gasteiger partial charge < -0.3 is 4.90 Å². The summed E-state index contributed by atoms with van der Waals surface area (Å²) in [5.74, 6) is -0.217. The van der Waals surface area contributed by atoms with Crippen LogP contribution >= 0.6 is 0 Å². The summed E-state index contributed by atoms with van der Waals surface area (Å²) in [6.45, 7) is 5.58. The lowest BCUT2D eigenvalue weighted by Crippen LogP contribution is -2.37. The molecule has 0 bridgehead atoms. The van der Waals surface area contributed by atoms with Crippen LogP contribution < -0.4 is 5.56 Å². The minimum Gasteiger partial charge on any atom is -0.334 e. The molecular formula is C22H25N3O2. The second-order valence-corrected chi connectivity index (χ2v) is 6.59. The van der Waals surface area contributed by atoms with Crippen LogP contribution in [0.1, 0.15) is 42.6 Å². The number of fused-ring (bicyclic) bond motifs is 1. The summed E-state index contributed by atoms with van der Waals surface area (Å²) < 4.78 is 1.57. The van der Waals surface area contributed by atoms with Gasteiger partial charge in [-0.2, -0.15) is 0 Å². The molecule has 0 saturated carbocycles. The van der Waals surface area contributed by atoms with Gasteiger partial charge in [-0.25, -0.2) is 4.98 Å². The van der Waals surface area contributed by atoms with E-state index in [0.717, 1.165) is 23.8 Å². The summed E-state index contributed by atoms with van der Waals surface area (Å²) in [4.78, 5) is 32.3. The van der Waals surface area contributed by atoms with Gasteiger partial charge in [0.15, 0.2) is 0 Å². The summed E-state index contributed by atoms with van der Waals surface area (Å²) in [5, 5.41) is 0.803. The van der Waals surface area contributed by atoms with Crippen LogP contribution in [0.15, 0.2) is 59.5 Å². The molecule has 0 N–H and O–H groups in total. The molecule has 27 heavy (non-hydrogen) atoms. The van der Waals surface area contributed by atoms with Crippen LogP contribution in [0.3, 0.4) is 0 Å². The van der Waals surface area contributed by atoms with Gasteiger partial charge in [0, 0.05) is 31.2 Å². The van der Waals surface area contributed by atoms with Crippen molar-refractivity contribution in [1.82, 2.24) is 14.5 Å². The van der Waals surface area contributed by atoms with Gasteiger partial charge in [0.1, 0.15) is 11.2 Å². The summed E-state index contributed by atoms with van der Waals surface area (Å²) in [5.41, 5.74) is 1.61. The highest BCUT2D eigenvalue weighted by Crippen LogP contribution is 2.14. The molecule has 0 saturated heterocycles. The molecule has 3 rings (SSSR count). The number of unbranched alkanes of at least 4 members (excludes halogenated alkanes) is 1. The zero-order valence-electron chi connectivity index (χ0n) is 15.9. The number of rotatable bonds is 7. The first kappa shape index (κ1) is 18.8. The fourth-order valence-electron chi connectivity index (χ4n) is 3.23. The minimum absolute atomic E-state index is 0.212. The second-order valence-electron chi connectivity index (χ2n) is 6.59. The first-order chi connectivity index (χ1) is 13.2. The predicted octanol–water partition coefficient (Wildman–Crippen LogP) is 3.86. The van der Waals surface area contributed by atoms with Crippen molar-refractivity contribution < 1.29 is 4.79 Å². The van der Waals surface area contributed by atoms with Crippen molar-refractivity contribution in [2.45, 2.75) is 39.8 Å². The van der Waals surface area contributed by atoms with Crippen molar-refractivity contribution in [2.75, 3.05) is 6.54 Å². The van der Waals surface area contributed by atoms with E-state index in [1.807, 2.05) is 49.4 Å². The number of carbonyl (C=O) groups is 1. The van der Waals surface area contributed by atoms with E-state index in [1.54, 1.807) is 21.7 Å². The summed E-state index contributed by atoms with van der Waals surface area (Å²) in [7, 11) is 0.